The van der Waals surface area contributed by atoms with Crippen molar-refractivity contribution in [2.75, 3.05) is 6.61 Å². The molecule has 0 aliphatic rings. The van der Waals surface area contributed by atoms with Crippen LogP contribution in [0.5, 0.6) is 0 Å². The van der Waals surface area contributed by atoms with Crippen LogP contribution in [0, 0.1) is 13.8 Å². The normalized spacial score (nSPS) is 10.9. The number of ether oxygens (including phenoxy) is 1. The summed E-state index contributed by atoms with van der Waals surface area (Å²) in [7, 11) is 0. The summed E-state index contributed by atoms with van der Waals surface area (Å²) in [5, 5.41) is 0. The molecule has 0 saturated heterocycles. The highest BCUT2D eigenvalue weighted by molar-refractivity contribution is 5.89. The zero-order valence-electron chi connectivity index (χ0n) is 12.8. The van der Waals surface area contributed by atoms with Gasteiger partial charge in [0.2, 0.25) is 0 Å². The molecule has 0 radical (unpaired) electrons. The van der Waals surface area contributed by atoms with E-state index in [0.29, 0.717) is 12.2 Å². The quantitative estimate of drug-likeness (QED) is 0.696. The second-order valence-corrected chi connectivity index (χ2v) is 5.06. The van der Waals surface area contributed by atoms with E-state index < -0.39 is 0 Å². The molecule has 0 atom stereocenters. The fourth-order valence-corrected chi connectivity index (χ4v) is 2.44. The summed E-state index contributed by atoms with van der Waals surface area (Å²) >= 11 is 0. The lowest BCUT2D eigenvalue weighted by atomic mass is 10.2. The topological polar surface area (TPSA) is 57.0 Å². The molecule has 0 bridgehead atoms. The van der Waals surface area contributed by atoms with Crippen LogP contribution in [0.25, 0.3) is 16.9 Å². The van der Waals surface area contributed by atoms with Crippen molar-refractivity contribution in [3.63, 3.8) is 0 Å². The minimum absolute atomic E-state index is 0.310. The highest BCUT2D eigenvalue weighted by atomic mass is 16.5. The minimum atomic E-state index is -0.310. The first-order chi connectivity index (χ1) is 10.6. The van der Waals surface area contributed by atoms with Crippen molar-refractivity contribution in [3.8, 4) is 5.69 Å². The maximum Gasteiger partial charge on any atom is 0.338 e. The molecule has 5 heteroatoms. The molecule has 0 fully saturated rings. The third-order valence-corrected chi connectivity index (χ3v) is 3.45. The Labute approximate surface area is 128 Å². The number of nitrogens with zero attached hydrogens (tertiary/aromatic N) is 3. The van der Waals surface area contributed by atoms with Crippen LogP contribution in [0.2, 0.25) is 0 Å². The third kappa shape index (κ3) is 2.45. The third-order valence-electron chi connectivity index (χ3n) is 3.45. The molecule has 22 heavy (non-hydrogen) atoms. The summed E-state index contributed by atoms with van der Waals surface area (Å²) in [4.78, 5) is 20.8. The molecule has 1 aromatic carbocycles. The number of carbonyl (C=O) groups is 1. The van der Waals surface area contributed by atoms with Gasteiger partial charge in [0.15, 0.2) is 5.65 Å². The van der Waals surface area contributed by atoms with Crippen LogP contribution >= 0.6 is 0 Å². The standard InChI is InChI=1S/C17H17N3O2/c1-4-22-17(21)13-6-8-14(9-7-13)20-12(3)19-15-10-5-11(2)18-16(15)20/h5-10H,4H2,1-3H3. The number of aromatic nitrogens is 3. The number of hydrogen-bond acceptors (Lipinski definition) is 4. The minimum Gasteiger partial charge on any atom is -0.462 e. The Morgan fingerprint density at radius 3 is 2.50 bits per heavy atom. The predicted octanol–water partition coefficient (Wildman–Crippen LogP) is 3.21. The van der Waals surface area contributed by atoms with Crippen LogP contribution in [0.1, 0.15) is 28.8 Å². The van der Waals surface area contributed by atoms with Crippen LogP contribution in [0.15, 0.2) is 36.4 Å². The van der Waals surface area contributed by atoms with Gasteiger partial charge >= 0.3 is 5.97 Å². The van der Waals surface area contributed by atoms with E-state index in [4.69, 9.17) is 4.74 Å². The molecule has 2 aromatic heterocycles. The predicted molar refractivity (Wildman–Crippen MR) is 84.3 cm³/mol. The molecular weight excluding hydrogens is 278 g/mol. The van der Waals surface area contributed by atoms with Crippen LogP contribution in [-0.2, 0) is 4.74 Å². The van der Waals surface area contributed by atoms with Crippen molar-refractivity contribution in [2.45, 2.75) is 20.8 Å². The zero-order chi connectivity index (χ0) is 15.7. The highest BCUT2D eigenvalue weighted by Crippen LogP contribution is 2.20. The van der Waals surface area contributed by atoms with E-state index in [1.54, 1.807) is 19.1 Å². The molecule has 5 nitrogen and oxygen atoms in total. The van der Waals surface area contributed by atoms with E-state index in [1.807, 2.05) is 42.7 Å². The Balaban J connectivity index is 2.06. The van der Waals surface area contributed by atoms with Crippen molar-refractivity contribution in [1.29, 1.82) is 0 Å². The molecule has 2 heterocycles. The Hall–Kier alpha value is -2.69. The number of rotatable bonds is 3. The van der Waals surface area contributed by atoms with Crippen LogP contribution in [-0.4, -0.2) is 27.1 Å². The maximum absolute atomic E-state index is 11.7. The Kier molecular flexibility index (Phi) is 3.63. The van der Waals surface area contributed by atoms with Crippen molar-refractivity contribution < 1.29 is 9.53 Å². The Bertz CT molecular complexity index is 835. The molecule has 3 aromatic rings. The van der Waals surface area contributed by atoms with Gasteiger partial charge in [0.05, 0.1) is 12.2 Å². The number of carbonyl (C=O) groups excluding carboxylic acids is 1. The van der Waals surface area contributed by atoms with Crippen LogP contribution in [0.3, 0.4) is 0 Å². The Morgan fingerprint density at radius 2 is 1.82 bits per heavy atom. The number of esters is 1. The van der Waals surface area contributed by atoms with Gasteiger partial charge in [0.1, 0.15) is 11.3 Å². The molecule has 112 valence electrons. The van der Waals surface area contributed by atoms with E-state index in [9.17, 15) is 4.79 Å². The van der Waals surface area contributed by atoms with Crippen molar-refractivity contribution in [3.05, 3.63) is 53.5 Å². The van der Waals surface area contributed by atoms with Crippen LogP contribution < -0.4 is 0 Å². The molecule has 0 saturated carbocycles. The van der Waals surface area contributed by atoms with E-state index in [-0.39, 0.29) is 5.97 Å². The summed E-state index contributed by atoms with van der Waals surface area (Å²) in [6, 6.07) is 11.2. The average Bonchev–Trinajstić information content (AvgIpc) is 2.83. The molecule has 0 amide bonds. The van der Waals surface area contributed by atoms with Gasteiger partial charge in [-0.15, -0.1) is 0 Å². The van der Waals surface area contributed by atoms with Gasteiger partial charge in [-0.1, -0.05) is 0 Å². The number of hydrogen-bond donors (Lipinski definition) is 0. The molecule has 0 spiro atoms. The van der Waals surface area contributed by atoms with Gasteiger partial charge in [-0.2, -0.15) is 0 Å². The summed E-state index contributed by atoms with van der Waals surface area (Å²) in [5.74, 6) is 0.548. The molecule has 0 N–H and O–H groups in total. The molecule has 3 rings (SSSR count). The fraction of sp³-hybridized carbons (Fsp3) is 0.235. The second-order valence-electron chi connectivity index (χ2n) is 5.06. The summed E-state index contributed by atoms with van der Waals surface area (Å²) < 4.78 is 6.98. The number of pyridine rings is 1. The van der Waals surface area contributed by atoms with Gasteiger partial charge < -0.3 is 4.74 Å². The lowest BCUT2D eigenvalue weighted by molar-refractivity contribution is 0.0526. The molecule has 0 unspecified atom stereocenters. The smallest absolute Gasteiger partial charge is 0.338 e. The summed E-state index contributed by atoms with van der Waals surface area (Å²) in [6.07, 6.45) is 0. The van der Waals surface area contributed by atoms with Crippen molar-refractivity contribution in [1.82, 2.24) is 14.5 Å². The molecule has 0 aliphatic carbocycles. The fourth-order valence-electron chi connectivity index (χ4n) is 2.44. The first-order valence-electron chi connectivity index (χ1n) is 7.20. The summed E-state index contributed by atoms with van der Waals surface area (Å²) in [6.45, 7) is 6.06. The van der Waals surface area contributed by atoms with Gasteiger partial charge in [-0.3, -0.25) is 4.57 Å². The van der Waals surface area contributed by atoms with E-state index in [0.717, 1.165) is 28.4 Å². The lowest BCUT2D eigenvalue weighted by Gasteiger charge is -2.08. The zero-order valence-corrected chi connectivity index (χ0v) is 12.8. The maximum atomic E-state index is 11.7. The van der Waals surface area contributed by atoms with E-state index >= 15 is 0 Å². The van der Waals surface area contributed by atoms with E-state index in [1.165, 1.54) is 0 Å². The highest BCUT2D eigenvalue weighted by Gasteiger charge is 2.12. The first kappa shape index (κ1) is 14.3. The second kappa shape index (κ2) is 5.60. The average molecular weight is 295 g/mol. The number of benzene rings is 1. The Morgan fingerprint density at radius 1 is 1.09 bits per heavy atom. The molecular formula is C17H17N3O2. The summed E-state index contributed by atoms with van der Waals surface area (Å²) in [5.41, 5.74) is 4.08. The lowest BCUT2D eigenvalue weighted by Crippen LogP contribution is -2.05. The van der Waals surface area contributed by atoms with Crippen LogP contribution in [0.4, 0.5) is 0 Å². The number of fused-ring (bicyclic) bond motifs is 1. The van der Waals surface area contributed by atoms with E-state index in [2.05, 4.69) is 9.97 Å². The number of imidazole rings is 1. The van der Waals surface area contributed by atoms with Gasteiger partial charge in [-0.05, 0) is 57.2 Å². The SMILES string of the molecule is CCOC(=O)c1ccc(-n2c(C)nc3ccc(C)nc32)cc1. The monoisotopic (exact) mass is 295 g/mol. The van der Waals surface area contributed by atoms with Gasteiger partial charge in [0.25, 0.3) is 0 Å². The van der Waals surface area contributed by atoms with Crippen molar-refractivity contribution in [2.24, 2.45) is 0 Å². The number of aryl methyl sites for hydroxylation is 2. The van der Waals surface area contributed by atoms with Gasteiger partial charge in [-0.25, -0.2) is 14.8 Å². The first-order valence-corrected chi connectivity index (χ1v) is 7.20. The molecule has 0 aliphatic heterocycles. The van der Waals surface area contributed by atoms with Crippen molar-refractivity contribution >= 4 is 17.1 Å². The largest absolute Gasteiger partial charge is 0.462 e. The van der Waals surface area contributed by atoms with Gasteiger partial charge in [0, 0.05) is 11.4 Å².